The van der Waals surface area contributed by atoms with Gasteiger partial charge in [-0.15, -0.1) is 12.3 Å². The van der Waals surface area contributed by atoms with Gasteiger partial charge in [0.15, 0.2) is 0 Å². The average Bonchev–Trinajstić information content (AvgIpc) is 2.65. The Morgan fingerprint density at radius 1 is 1.47 bits per heavy atom. The van der Waals surface area contributed by atoms with Crippen molar-refractivity contribution in [1.29, 1.82) is 0 Å². The van der Waals surface area contributed by atoms with Gasteiger partial charge in [-0.05, 0) is 23.8 Å². The molecule has 1 heterocycles. The Hall–Kier alpha value is -0.790. The second-order valence-corrected chi connectivity index (χ2v) is 5.85. The van der Waals surface area contributed by atoms with E-state index in [1.807, 2.05) is 23.1 Å². The largest absolute Gasteiger partial charge is 0.337 e. The molecule has 17 heavy (non-hydrogen) atoms. The minimum atomic E-state index is 0.0634. The standard InChI is InChI=1S/C13H11Br2NO/c1-2-9-5-13(17)16(7-9)8-10-6-11(14)3-4-12(10)15/h1,3-4,6,9H,5,7-8H2. The van der Waals surface area contributed by atoms with Gasteiger partial charge in [-0.1, -0.05) is 31.9 Å². The lowest BCUT2D eigenvalue weighted by Crippen LogP contribution is -2.24. The quantitative estimate of drug-likeness (QED) is 0.745. The van der Waals surface area contributed by atoms with Crippen LogP contribution in [0.1, 0.15) is 12.0 Å². The summed E-state index contributed by atoms with van der Waals surface area (Å²) in [5.41, 5.74) is 1.09. The van der Waals surface area contributed by atoms with Crippen LogP contribution in [0.15, 0.2) is 27.1 Å². The number of carbonyl (C=O) groups excluding carboxylic acids is 1. The van der Waals surface area contributed by atoms with Gasteiger partial charge in [0.05, 0.1) is 0 Å². The third kappa shape index (κ3) is 2.91. The number of amides is 1. The molecule has 1 aromatic carbocycles. The first-order valence-corrected chi connectivity index (χ1v) is 6.86. The van der Waals surface area contributed by atoms with Crippen LogP contribution in [0.4, 0.5) is 0 Å². The molecule has 0 aromatic heterocycles. The van der Waals surface area contributed by atoms with Crippen LogP contribution < -0.4 is 0 Å². The molecule has 1 fully saturated rings. The predicted molar refractivity (Wildman–Crippen MR) is 74.2 cm³/mol. The number of halogens is 2. The maximum Gasteiger partial charge on any atom is 0.224 e. The normalized spacial score (nSPS) is 19.5. The molecule has 1 aliphatic rings. The summed E-state index contributed by atoms with van der Waals surface area (Å²) in [4.78, 5) is 13.6. The van der Waals surface area contributed by atoms with E-state index in [9.17, 15) is 4.79 Å². The summed E-state index contributed by atoms with van der Waals surface area (Å²) < 4.78 is 2.02. The molecule has 1 unspecified atom stereocenters. The molecule has 1 aliphatic heterocycles. The topological polar surface area (TPSA) is 20.3 Å². The Morgan fingerprint density at radius 2 is 2.24 bits per heavy atom. The number of hydrogen-bond donors (Lipinski definition) is 0. The van der Waals surface area contributed by atoms with Gasteiger partial charge >= 0.3 is 0 Å². The molecule has 0 spiro atoms. The molecule has 4 heteroatoms. The van der Waals surface area contributed by atoms with E-state index in [4.69, 9.17) is 6.42 Å². The van der Waals surface area contributed by atoms with Gasteiger partial charge in [0.25, 0.3) is 0 Å². The van der Waals surface area contributed by atoms with E-state index in [-0.39, 0.29) is 11.8 Å². The molecule has 1 aromatic rings. The third-order valence-corrected chi connectivity index (χ3v) is 4.09. The number of terminal acetylenes is 1. The summed E-state index contributed by atoms with van der Waals surface area (Å²) in [6.07, 6.45) is 5.83. The summed E-state index contributed by atoms with van der Waals surface area (Å²) in [7, 11) is 0. The summed E-state index contributed by atoms with van der Waals surface area (Å²) >= 11 is 6.92. The van der Waals surface area contributed by atoms with E-state index in [0.29, 0.717) is 19.5 Å². The molecule has 0 aliphatic carbocycles. The van der Waals surface area contributed by atoms with Crippen LogP contribution in [0, 0.1) is 18.3 Å². The van der Waals surface area contributed by atoms with Gasteiger partial charge in [0, 0.05) is 34.4 Å². The van der Waals surface area contributed by atoms with Gasteiger partial charge < -0.3 is 4.90 Å². The maximum absolute atomic E-state index is 11.7. The van der Waals surface area contributed by atoms with E-state index >= 15 is 0 Å². The van der Waals surface area contributed by atoms with Crippen LogP contribution in [-0.2, 0) is 11.3 Å². The van der Waals surface area contributed by atoms with Crippen LogP contribution in [0.2, 0.25) is 0 Å². The Kier molecular flexibility index (Phi) is 3.90. The van der Waals surface area contributed by atoms with Gasteiger partial charge in [-0.25, -0.2) is 0 Å². The molecule has 2 nitrogen and oxygen atoms in total. The Morgan fingerprint density at radius 3 is 2.88 bits per heavy atom. The van der Waals surface area contributed by atoms with E-state index in [2.05, 4.69) is 37.8 Å². The summed E-state index contributed by atoms with van der Waals surface area (Å²) in [5, 5.41) is 0. The number of carbonyl (C=O) groups is 1. The number of benzene rings is 1. The zero-order valence-corrected chi connectivity index (χ0v) is 12.3. The Labute approximate surface area is 118 Å². The second kappa shape index (κ2) is 5.24. The number of likely N-dealkylation sites (tertiary alicyclic amines) is 1. The molecule has 1 saturated heterocycles. The van der Waals surface area contributed by atoms with Crippen LogP contribution in [-0.4, -0.2) is 17.4 Å². The number of rotatable bonds is 2. The monoisotopic (exact) mass is 355 g/mol. The summed E-state index contributed by atoms with van der Waals surface area (Å²) in [6, 6.07) is 5.95. The van der Waals surface area contributed by atoms with Crippen molar-refractivity contribution in [3.05, 3.63) is 32.7 Å². The van der Waals surface area contributed by atoms with E-state index in [1.54, 1.807) is 0 Å². The van der Waals surface area contributed by atoms with Crippen molar-refractivity contribution in [2.24, 2.45) is 5.92 Å². The minimum absolute atomic E-state index is 0.0634. The summed E-state index contributed by atoms with van der Waals surface area (Å²) in [5.74, 6) is 2.85. The smallest absolute Gasteiger partial charge is 0.224 e. The Balaban J connectivity index is 2.14. The first-order valence-electron chi connectivity index (χ1n) is 5.28. The van der Waals surface area contributed by atoms with E-state index in [1.165, 1.54) is 0 Å². The maximum atomic E-state index is 11.7. The number of hydrogen-bond acceptors (Lipinski definition) is 1. The highest BCUT2D eigenvalue weighted by atomic mass is 79.9. The van der Waals surface area contributed by atoms with Crippen molar-refractivity contribution in [3.8, 4) is 12.3 Å². The lowest BCUT2D eigenvalue weighted by molar-refractivity contribution is -0.128. The fourth-order valence-electron chi connectivity index (χ4n) is 1.91. The van der Waals surface area contributed by atoms with Crippen molar-refractivity contribution in [2.75, 3.05) is 6.54 Å². The fourth-order valence-corrected chi connectivity index (χ4v) is 2.69. The zero-order valence-electron chi connectivity index (χ0n) is 9.12. The van der Waals surface area contributed by atoms with Crippen molar-refractivity contribution in [1.82, 2.24) is 4.90 Å². The molecule has 0 N–H and O–H groups in total. The molecular formula is C13H11Br2NO. The van der Waals surface area contributed by atoms with Crippen molar-refractivity contribution < 1.29 is 4.79 Å². The van der Waals surface area contributed by atoms with Crippen LogP contribution in [0.5, 0.6) is 0 Å². The molecule has 2 rings (SSSR count). The summed E-state index contributed by atoms with van der Waals surface area (Å²) in [6.45, 7) is 1.27. The molecule has 0 bridgehead atoms. The lowest BCUT2D eigenvalue weighted by Gasteiger charge is -2.17. The van der Waals surface area contributed by atoms with Crippen molar-refractivity contribution in [3.63, 3.8) is 0 Å². The number of nitrogens with zero attached hydrogens (tertiary/aromatic N) is 1. The van der Waals surface area contributed by atoms with Crippen molar-refractivity contribution >= 4 is 37.8 Å². The first kappa shape index (κ1) is 12.7. The van der Waals surface area contributed by atoms with Crippen LogP contribution in [0.3, 0.4) is 0 Å². The average molecular weight is 357 g/mol. The predicted octanol–water partition coefficient (Wildman–Crippen LogP) is 3.19. The second-order valence-electron chi connectivity index (χ2n) is 4.08. The molecule has 0 saturated carbocycles. The van der Waals surface area contributed by atoms with Gasteiger partial charge in [0.1, 0.15) is 0 Å². The highest BCUT2D eigenvalue weighted by Crippen LogP contribution is 2.25. The van der Waals surface area contributed by atoms with E-state index < -0.39 is 0 Å². The zero-order chi connectivity index (χ0) is 12.4. The van der Waals surface area contributed by atoms with Crippen molar-refractivity contribution in [2.45, 2.75) is 13.0 Å². The fraction of sp³-hybridized carbons (Fsp3) is 0.308. The van der Waals surface area contributed by atoms with Gasteiger partial charge in [0.2, 0.25) is 5.91 Å². The van der Waals surface area contributed by atoms with Gasteiger partial charge in [-0.3, -0.25) is 4.79 Å². The highest BCUT2D eigenvalue weighted by molar-refractivity contribution is 9.11. The van der Waals surface area contributed by atoms with Gasteiger partial charge in [-0.2, -0.15) is 0 Å². The molecule has 0 radical (unpaired) electrons. The molecule has 1 atom stereocenters. The van der Waals surface area contributed by atoms with Crippen LogP contribution in [0.25, 0.3) is 0 Å². The van der Waals surface area contributed by atoms with Crippen LogP contribution >= 0.6 is 31.9 Å². The Bertz CT molecular complexity index is 493. The lowest BCUT2D eigenvalue weighted by atomic mass is 10.1. The third-order valence-electron chi connectivity index (χ3n) is 2.82. The molecule has 1 amide bonds. The highest BCUT2D eigenvalue weighted by Gasteiger charge is 2.28. The molecular weight excluding hydrogens is 346 g/mol. The minimum Gasteiger partial charge on any atom is -0.337 e. The SMILES string of the molecule is C#CC1CC(=O)N(Cc2cc(Br)ccc2Br)C1. The van der Waals surface area contributed by atoms with E-state index in [0.717, 1.165) is 14.5 Å². The first-order chi connectivity index (χ1) is 8.10. The molecule has 88 valence electrons.